The van der Waals surface area contributed by atoms with E-state index in [1.165, 1.54) is 17.5 Å². The molecule has 0 spiro atoms. The molecule has 0 saturated heterocycles. The first-order valence-electron chi connectivity index (χ1n) is 5.23. The third-order valence-corrected chi connectivity index (χ3v) is 2.83. The van der Waals surface area contributed by atoms with Gasteiger partial charge >= 0.3 is 11.9 Å². The number of hydrogen-bond donors (Lipinski definition) is 2. The van der Waals surface area contributed by atoms with Crippen molar-refractivity contribution in [3.05, 3.63) is 16.6 Å². The first kappa shape index (κ1) is 14.6. The Morgan fingerprint density at radius 3 is 2.22 bits per heavy atom. The summed E-state index contributed by atoms with van der Waals surface area (Å²) >= 11 is 1.19. The number of carbonyl (C=O) groups is 2. The SMILES string of the molecule is CC(C)(C)OC(Cc1nccs1)(C(=O)O)C(=O)O. The van der Waals surface area contributed by atoms with Gasteiger partial charge in [-0.2, -0.15) is 0 Å². The van der Waals surface area contributed by atoms with Gasteiger partial charge in [0.15, 0.2) is 0 Å². The Morgan fingerprint density at radius 2 is 1.89 bits per heavy atom. The minimum absolute atomic E-state index is 0.299. The van der Waals surface area contributed by atoms with Gasteiger partial charge < -0.3 is 14.9 Å². The number of rotatable bonds is 5. The lowest BCUT2D eigenvalue weighted by Gasteiger charge is -2.32. The van der Waals surface area contributed by atoms with Crippen LogP contribution in [0.3, 0.4) is 0 Å². The lowest BCUT2D eigenvalue weighted by Crippen LogP contribution is -2.54. The van der Waals surface area contributed by atoms with E-state index < -0.39 is 23.1 Å². The second kappa shape index (κ2) is 5.03. The fraction of sp³-hybridized carbons (Fsp3) is 0.545. The number of aliphatic carboxylic acids is 2. The highest BCUT2D eigenvalue weighted by molar-refractivity contribution is 7.09. The van der Waals surface area contributed by atoms with Crippen LogP contribution in [0, 0.1) is 0 Å². The predicted molar refractivity (Wildman–Crippen MR) is 64.7 cm³/mol. The third kappa shape index (κ3) is 3.27. The second-order valence-electron chi connectivity index (χ2n) is 4.75. The summed E-state index contributed by atoms with van der Waals surface area (Å²) in [5, 5.41) is 20.5. The van der Waals surface area contributed by atoms with E-state index >= 15 is 0 Å². The van der Waals surface area contributed by atoms with Crippen LogP contribution < -0.4 is 0 Å². The summed E-state index contributed by atoms with van der Waals surface area (Å²) < 4.78 is 5.29. The number of nitrogens with zero attached hydrogens (tertiary/aromatic N) is 1. The maximum Gasteiger partial charge on any atom is 0.348 e. The zero-order chi connectivity index (χ0) is 14.0. The monoisotopic (exact) mass is 273 g/mol. The minimum atomic E-state index is -2.31. The van der Waals surface area contributed by atoms with Crippen molar-refractivity contribution in [1.82, 2.24) is 4.98 Å². The van der Waals surface area contributed by atoms with Gasteiger partial charge in [-0.05, 0) is 20.8 Å². The zero-order valence-electron chi connectivity index (χ0n) is 10.3. The number of hydrogen-bond acceptors (Lipinski definition) is 5. The molecule has 0 aliphatic carbocycles. The lowest BCUT2D eigenvalue weighted by atomic mass is 9.98. The van der Waals surface area contributed by atoms with Gasteiger partial charge in [-0.25, -0.2) is 14.6 Å². The van der Waals surface area contributed by atoms with E-state index in [1.807, 2.05) is 0 Å². The van der Waals surface area contributed by atoms with E-state index in [2.05, 4.69) is 4.98 Å². The number of carboxylic acids is 2. The summed E-state index contributed by atoms with van der Waals surface area (Å²) in [6, 6.07) is 0. The molecule has 1 rings (SSSR count). The molecule has 0 fully saturated rings. The first-order chi connectivity index (χ1) is 8.17. The average Bonchev–Trinajstić information content (AvgIpc) is 2.66. The van der Waals surface area contributed by atoms with Crippen LogP contribution in [0.15, 0.2) is 11.6 Å². The Hall–Kier alpha value is -1.47. The second-order valence-corrected chi connectivity index (χ2v) is 5.73. The molecule has 0 aromatic carbocycles. The Balaban J connectivity index is 3.14. The van der Waals surface area contributed by atoms with Gasteiger partial charge in [0.25, 0.3) is 5.60 Å². The van der Waals surface area contributed by atoms with E-state index in [0.29, 0.717) is 5.01 Å². The summed E-state index contributed by atoms with van der Waals surface area (Å²) in [5.74, 6) is -3.06. The van der Waals surface area contributed by atoms with Crippen molar-refractivity contribution in [1.29, 1.82) is 0 Å². The molecule has 0 bridgehead atoms. The molecule has 6 nitrogen and oxygen atoms in total. The largest absolute Gasteiger partial charge is 0.479 e. The van der Waals surface area contributed by atoms with E-state index in [0.717, 1.165) is 0 Å². The molecule has 18 heavy (non-hydrogen) atoms. The molecule has 0 aliphatic rings. The van der Waals surface area contributed by atoms with Crippen LogP contribution in [0.5, 0.6) is 0 Å². The van der Waals surface area contributed by atoms with E-state index in [4.69, 9.17) is 4.74 Å². The maximum atomic E-state index is 11.3. The summed E-state index contributed by atoms with van der Waals surface area (Å²) in [4.78, 5) is 26.6. The van der Waals surface area contributed by atoms with Crippen molar-refractivity contribution < 1.29 is 24.5 Å². The van der Waals surface area contributed by atoms with Crippen molar-refractivity contribution in [2.45, 2.75) is 38.4 Å². The quantitative estimate of drug-likeness (QED) is 0.787. The molecule has 0 unspecified atom stereocenters. The van der Waals surface area contributed by atoms with E-state index in [9.17, 15) is 19.8 Å². The molecule has 0 aliphatic heterocycles. The minimum Gasteiger partial charge on any atom is -0.479 e. The van der Waals surface area contributed by atoms with Gasteiger partial charge in [0.05, 0.1) is 17.0 Å². The number of thiazole rings is 1. The Morgan fingerprint density at radius 1 is 1.33 bits per heavy atom. The van der Waals surface area contributed by atoms with Crippen LogP contribution in [0.2, 0.25) is 0 Å². The molecule has 100 valence electrons. The van der Waals surface area contributed by atoms with Crippen molar-refractivity contribution in [3.8, 4) is 0 Å². The highest BCUT2D eigenvalue weighted by Gasteiger charge is 2.51. The van der Waals surface area contributed by atoms with Crippen LogP contribution >= 0.6 is 11.3 Å². The molecule has 0 radical (unpaired) electrons. The van der Waals surface area contributed by atoms with Gasteiger partial charge in [0.1, 0.15) is 0 Å². The van der Waals surface area contributed by atoms with Crippen LogP contribution in [-0.2, 0) is 20.7 Å². The van der Waals surface area contributed by atoms with Gasteiger partial charge in [0.2, 0.25) is 0 Å². The molecular weight excluding hydrogens is 258 g/mol. The van der Waals surface area contributed by atoms with Crippen LogP contribution in [-0.4, -0.2) is 38.3 Å². The van der Waals surface area contributed by atoms with Gasteiger partial charge in [-0.15, -0.1) is 11.3 Å². The highest BCUT2D eigenvalue weighted by atomic mass is 32.1. The summed E-state index contributed by atoms with van der Waals surface area (Å²) in [6.45, 7) is 4.82. The fourth-order valence-electron chi connectivity index (χ4n) is 1.44. The van der Waals surface area contributed by atoms with Crippen molar-refractivity contribution in [2.75, 3.05) is 0 Å². The van der Waals surface area contributed by atoms with Crippen molar-refractivity contribution >= 4 is 23.3 Å². The zero-order valence-corrected chi connectivity index (χ0v) is 11.2. The Kier molecular flexibility index (Phi) is 4.08. The molecule has 7 heteroatoms. The fourth-order valence-corrected chi connectivity index (χ4v) is 2.13. The summed E-state index contributed by atoms with van der Waals surface area (Å²) in [7, 11) is 0. The molecular formula is C11H15NO5S. The van der Waals surface area contributed by atoms with E-state index in [-0.39, 0.29) is 6.42 Å². The van der Waals surface area contributed by atoms with Crippen molar-refractivity contribution in [2.24, 2.45) is 0 Å². The molecule has 1 aromatic rings. The summed E-state index contributed by atoms with van der Waals surface area (Å²) in [6.07, 6.45) is 1.19. The standard InChI is InChI=1S/C11H15NO5S/c1-10(2,3)17-11(8(13)14,9(15)16)6-7-12-4-5-18-7/h4-5H,6H2,1-3H3,(H,13,14)(H,15,16). The van der Waals surface area contributed by atoms with Crippen LogP contribution in [0.4, 0.5) is 0 Å². The normalized spacial score (nSPS) is 12.4. The number of aromatic nitrogens is 1. The Bertz CT molecular complexity index is 421. The smallest absolute Gasteiger partial charge is 0.348 e. The predicted octanol–water partition coefficient (Wildman–Crippen LogP) is 1.41. The number of carboxylic acid groups (broad SMARTS) is 2. The topological polar surface area (TPSA) is 96.7 Å². The summed E-state index contributed by atoms with van der Waals surface area (Å²) in [5.41, 5.74) is -3.20. The maximum absolute atomic E-state index is 11.3. The molecule has 1 aromatic heterocycles. The average molecular weight is 273 g/mol. The van der Waals surface area contributed by atoms with Gasteiger partial charge in [0, 0.05) is 11.6 Å². The van der Waals surface area contributed by atoms with Gasteiger partial charge in [-0.1, -0.05) is 0 Å². The van der Waals surface area contributed by atoms with E-state index in [1.54, 1.807) is 26.2 Å². The number of ether oxygens (including phenoxy) is 1. The third-order valence-electron chi connectivity index (χ3n) is 2.05. The molecule has 0 amide bonds. The van der Waals surface area contributed by atoms with Crippen LogP contribution in [0.25, 0.3) is 0 Å². The molecule has 0 saturated carbocycles. The Labute approximate surface area is 108 Å². The lowest BCUT2D eigenvalue weighted by molar-refractivity contribution is -0.199. The molecule has 0 atom stereocenters. The van der Waals surface area contributed by atoms with Crippen LogP contribution in [0.1, 0.15) is 25.8 Å². The first-order valence-corrected chi connectivity index (χ1v) is 6.11. The highest BCUT2D eigenvalue weighted by Crippen LogP contribution is 2.26. The molecule has 2 N–H and O–H groups in total. The van der Waals surface area contributed by atoms with Crippen molar-refractivity contribution in [3.63, 3.8) is 0 Å². The van der Waals surface area contributed by atoms with Gasteiger partial charge in [-0.3, -0.25) is 0 Å². The molecule has 1 heterocycles.